The average molecular weight is 353 g/mol. The van der Waals surface area contributed by atoms with E-state index in [0.29, 0.717) is 34.9 Å². The van der Waals surface area contributed by atoms with Crippen LogP contribution in [0.25, 0.3) is 16.9 Å². The monoisotopic (exact) mass is 353 g/mol. The summed E-state index contributed by atoms with van der Waals surface area (Å²) in [5.74, 6) is 0.142. The highest BCUT2D eigenvalue weighted by molar-refractivity contribution is 5.95. The summed E-state index contributed by atoms with van der Waals surface area (Å²) in [5, 5.41) is 14.0. The van der Waals surface area contributed by atoms with Crippen molar-refractivity contribution in [2.24, 2.45) is 5.92 Å². The van der Waals surface area contributed by atoms with Crippen LogP contribution >= 0.6 is 0 Å². The zero-order valence-electron chi connectivity index (χ0n) is 15.5. The minimum atomic E-state index is -0.329. The molecule has 0 fully saturated rings. The van der Waals surface area contributed by atoms with Gasteiger partial charge in [0, 0.05) is 17.7 Å². The van der Waals surface area contributed by atoms with Crippen molar-refractivity contribution < 1.29 is 4.79 Å². The topological polar surface area (TPSA) is 92.2 Å². The number of benzene rings is 1. The summed E-state index contributed by atoms with van der Waals surface area (Å²) in [6.07, 6.45) is 0.983. The van der Waals surface area contributed by atoms with Gasteiger partial charge in [-0.15, -0.1) is 10.2 Å². The minimum absolute atomic E-state index is 0.246. The van der Waals surface area contributed by atoms with Crippen molar-refractivity contribution in [1.29, 1.82) is 0 Å². The van der Waals surface area contributed by atoms with Gasteiger partial charge in [-0.3, -0.25) is 14.7 Å². The van der Waals surface area contributed by atoms with Crippen LogP contribution in [0.5, 0.6) is 0 Å². The zero-order chi connectivity index (χ0) is 18.8. The zero-order valence-corrected chi connectivity index (χ0v) is 15.5. The van der Waals surface area contributed by atoms with Gasteiger partial charge in [0.1, 0.15) is 5.69 Å². The van der Waals surface area contributed by atoms with E-state index in [9.17, 15) is 9.59 Å². The number of aromatic amines is 1. The van der Waals surface area contributed by atoms with Crippen LogP contribution in [0.1, 0.15) is 41.9 Å². The maximum atomic E-state index is 12.8. The van der Waals surface area contributed by atoms with Gasteiger partial charge in [0.05, 0.1) is 0 Å². The highest BCUT2D eigenvalue weighted by Crippen LogP contribution is 2.16. The molecular formula is C19H23N5O2. The van der Waals surface area contributed by atoms with Crippen LogP contribution in [-0.2, 0) is 0 Å². The van der Waals surface area contributed by atoms with E-state index in [0.717, 1.165) is 12.0 Å². The highest BCUT2D eigenvalue weighted by Gasteiger charge is 2.19. The number of fused-ring (bicyclic) bond motifs is 1. The minimum Gasteiger partial charge on any atom is -0.350 e. The maximum absolute atomic E-state index is 12.8. The summed E-state index contributed by atoms with van der Waals surface area (Å²) in [6.45, 7) is 8.44. The molecule has 26 heavy (non-hydrogen) atoms. The van der Waals surface area contributed by atoms with Crippen molar-refractivity contribution in [2.75, 3.05) is 6.54 Å². The van der Waals surface area contributed by atoms with Crippen molar-refractivity contribution in [3.8, 4) is 11.3 Å². The Bertz CT molecular complexity index is 1020. The van der Waals surface area contributed by atoms with Gasteiger partial charge in [0.15, 0.2) is 11.3 Å². The number of aromatic nitrogens is 4. The summed E-state index contributed by atoms with van der Waals surface area (Å²) >= 11 is 0. The van der Waals surface area contributed by atoms with Gasteiger partial charge in [-0.2, -0.15) is 4.52 Å². The van der Waals surface area contributed by atoms with Crippen LogP contribution in [0.4, 0.5) is 0 Å². The Morgan fingerprint density at radius 1 is 1.31 bits per heavy atom. The lowest BCUT2D eigenvalue weighted by Crippen LogP contribution is -2.29. The van der Waals surface area contributed by atoms with Crippen LogP contribution in [0.3, 0.4) is 0 Å². The third kappa shape index (κ3) is 3.24. The second-order valence-corrected chi connectivity index (χ2v) is 6.72. The molecular weight excluding hydrogens is 330 g/mol. The summed E-state index contributed by atoms with van der Waals surface area (Å²) in [6, 6.07) is 7.52. The number of rotatable bonds is 5. The van der Waals surface area contributed by atoms with Crippen molar-refractivity contribution in [3.63, 3.8) is 0 Å². The maximum Gasteiger partial charge on any atom is 0.299 e. The standard InChI is InChI=1S/C19H23N5O2/c1-5-11(2)10-20-18(25)15-13(4)17-22-21-16(19(26)24(17)23-15)14-8-6-7-12(3)9-14/h6-9,11,23H,5,10H2,1-4H3,(H,20,25). The molecule has 3 aromatic rings. The fourth-order valence-corrected chi connectivity index (χ4v) is 2.74. The van der Waals surface area contributed by atoms with E-state index in [2.05, 4.69) is 34.5 Å². The van der Waals surface area contributed by atoms with E-state index in [1.54, 1.807) is 6.92 Å². The van der Waals surface area contributed by atoms with E-state index in [1.807, 2.05) is 31.2 Å². The second kappa shape index (κ2) is 7.11. The number of H-pyrrole nitrogens is 1. The van der Waals surface area contributed by atoms with Gasteiger partial charge in [0.25, 0.3) is 11.5 Å². The third-order valence-electron chi connectivity index (χ3n) is 4.62. The van der Waals surface area contributed by atoms with Crippen LogP contribution in [0.15, 0.2) is 29.1 Å². The molecule has 7 heteroatoms. The number of amides is 1. The molecule has 2 heterocycles. The number of nitrogens with zero attached hydrogens (tertiary/aromatic N) is 3. The number of hydrogen-bond acceptors (Lipinski definition) is 4. The molecule has 2 aromatic heterocycles. The summed E-state index contributed by atoms with van der Waals surface area (Å²) in [4.78, 5) is 25.3. The van der Waals surface area contributed by atoms with Crippen LogP contribution < -0.4 is 10.9 Å². The average Bonchev–Trinajstić information content (AvgIpc) is 2.97. The van der Waals surface area contributed by atoms with E-state index < -0.39 is 0 Å². The molecule has 0 aliphatic rings. The summed E-state index contributed by atoms with van der Waals surface area (Å²) in [5.41, 5.74) is 2.95. The Kier molecular flexibility index (Phi) is 4.88. The van der Waals surface area contributed by atoms with Gasteiger partial charge < -0.3 is 5.32 Å². The van der Waals surface area contributed by atoms with E-state index in [-0.39, 0.29) is 17.2 Å². The molecule has 136 valence electrons. The Morgan fingerprint density at radius 3 is 2.77 bits per heavy atom. The Labute approximate surface area is 151 Å². The van der Waals surface area contributed by atoms with Gasteiger partial charge in [0.2, 0.25) is 0 Å². The van der Waals surface area contributed by atoms with Gasteiger partial charge in [-0.05, 0) is 25.8 Å². The summed E-state index contributed by atoms with van der Waals surface area (Å²) < 4.78 is 1.29. The second-order valence-electron chi connectivity index (χ2n) is 6.72. The molecule has 1 unspecified atom stereocenters. The number of nitrogens with one attached hydrogen (secondary N) is 2. The van der Waals surface area contributed by atoms with Crippen molar-refractivity contribution in [3.05, 3.63) is 51.4 Å². The normalized spacial score (nSPS) is 12.3. The summed E-state index contributed by atoms with van der Waals surface area (Å²) in [7, 11) is 0. The lowest BCUT2D eigenvalue weighted by Gasteiger charge is -2.09. The molecule has 0 spiro atoms. The molecule has 0 bridgehead atoms. The van der Waals surface area contributed by atoms with Crippen molar-refractivity contribution in [2.45, 2.75) is 34.1 Å². The largest absolute Gasteiger partial charge is 0.350 e. The Hall–Kier alpha value is -2.96. The predicted molar refractivity (Wildman–Crippen MR) is 100 cm³/mol. The Morgan fingerprint density at radius 2 is 2.08 bits per heavy atom. The third-order valence-corrected chi connectivity index (χ3v) is 4.62. The molecule has 0 aliphatic carbocycles. The molecule has 1 atom stereocenters. The molecule has 3 rings (SSSR count). The SMILES string of the molecule is CCC(C)CNC(=O)c1[nH]n2c(=O)c(-c3cccc(C)c3)nnc2c1C. The first-order chi connectivity index (χ1) is 12.4. The van der Waals surface area contributed by atoms with Crippen molar-refractivity contribution in [1.82, 2.24) is 25.1 Å². The van der Waals surface area contributed by atoms with Gasteiger partial charge in [-0.25, -0.2) is 0 Å². The molecule has 7 nitrogen and oxygen atoms in total. The van der Waals surface area contributed by atoms with Crippen LogP contribution in [-0.4, -0.2) is 32.3 Å². The highest BCUT2D eigenvalue weighted by atomic mass is 16.2. The lowest BCUT2D eigenvalue weighted by atomic mass is 10.1. The van der Waals surface area contributed by atoms with Crippen molar-refractivity contribution >= 4 is 11.6 Å². The Balaban J connectivity index is 2.02. The predicted octanol–water partition coefficient (Wildman–Crippen LogP) is 2.48. The van der Waals surface area contributed by atoms with Crippen LogP contribution in [0, 0.1) is 19.8 Å². The number of carbonyl (C=O) groups is 1. The molecule has 0 saturated heterocycles. The van der Waals surface area contributed by atoms with E-state index in [4.69, 9.17) is 0 Å². The number of hydrogen-bond donors (Lipinski definition) is 2. The van der Waals surface area contributed by atoms with Gasteiger partial charge in [-0.1, -0.05) is 44.0 Å². The van der Waals surface area contributed by atoms with E-state index >= 15 is 0 Å². The molecule has 0 saturated carbocycles. The molecule has 0 radical (unpaired) electrons. The molecule has 1 amide bonds. The van der Waals surface area contributed by atoms with Crippen LogP contribution in [0.2, 0.25) is 0 Å². The first kappa shape index (κ1) is 17.8. The lowest BCUT2D eigenvalue weighted by molar-refractivity contribution is 0.0942. The van der Waals surface area contributed by atoms with Gasteiger partial charge >= 0.3 is 0 Å². The quantitative estimate of drug-likeness (QED) is 0.737. The molecule has 0 aliphatic heterocycles. The fourth-order valence-electron chi connectivity index (χ4n) is 2.74. The number of aryl methyl sites for hydroxylation is 2. The number of carbonyl (C=O) groups excluding carboxylic acids is 1. The fraction of sp³-hybridized carbons (Fsp3) is 0.368. The molecule has 2 N–H and O–H groups in total. The molecule has 1 aromatic carbocycles. The smallest absolute Gasteiger partial charge is 0.299 e. The van der Waals surface area contributed by atoms with E-state index in [1.165, 1.54) is 4.52 Å². The first-order valence-electron chi connectivity index (χ1n) is 8.75. The first-order valence-corrected chi connectivity index (χ1v) is 8.75.